The standard InChI is InChI=1S/C15H17NO4/c17-13(18)15-9-12(15)7-4-8-16(15)14(19)20-10-11-5-2-1-3-6-11/h1-3,5-6,12H,4,7-10H2,(H,17,18)/t12-,15+/m1/s1. The van der Waals surface area contributed by atoms with E-state index in [0.717, 1.165) is 18.4 Å². The molecule has 1 aromatic rings. The van der Waals surface area contributed by atoms with Crippen molar-refractivity contribution in [1.29, 1.82) is 0 Å². The monoisotopic (exact) mass is 275 g/mol. The molecular weight excluding hydrogens is 258 g/mol. The summed E-state index contributed by atoms with van der Waals surface area (Å²) in [7, 11) is 0. The summed E-state index contributed by atoms with van der Waals surface area (Å²) in [5.74, 6) is -0.808. The lowest BCUT2D eigenvalue weighted by molar-refractivity contribution is -0.146. The second-order valence-corrected chi connectivity index (χ2v) is 5.46. The first kappa shape index (κ1) is 13.0. The fourth-order valence-electron chi connectivity index (χ4n) is 3.11. The SMILES string of the molecule is O=C(OCc1ccccc1)N1CCC[C@@H]2C[C@@]21C(=O)O. The van der Waals surface area contributed by atoms with E-state index in [0.29, 0.717) is 13.0 Å². The molecular formula is C15H17NO4. The quantitative estimate of drug-likeness (QED) is 0.918. The van der Waals surface area contributed by atoms with Gasteiger partial charge in [-0.25, -0.2) is 9.59 Å². The molecule has 5 nitrogen and oxygen atoms in total. The Morgan fingerprint density at radius 1 is 1.35 bits per heavy atom. The van der Waals surface area contributed by atoms with Gasteiger partial charge >= 0.3 is 12.1 Å². The van der Waals surface area contributed by atoms with Crippen molar-refractivity contribution in [3.8, 4) is 0 Å². The van der Waals surface area contributed by atoms with Crippen LogP contribution in [0.3, 0.4) is 0 Å². The molecule has 20 heavy (non-hydrogen) atoms. The van der Waals surface area contributed by atoms with E-state index in [1.54, 1.807) is 0 Å². The number of aliphatic carboxylic acids is 1. The van der Waals surface area contributed by atoms with Crippen LogP contribution in [0.25, 0.3) is 0 Å². The maximum Gasteiger partial charge on any atom is 0.411 e. The number of carbonyl (C=O) groups is 2. The molecule has 2 aliphatic rings. The molecule has 0 bridgehead atoms. The third-order valence-electron chi connectivity index (χ3n) is 4.28. The summed E-state index contributed by atoms with van der Waals surface area (Å²) in [4.78, 5) is 25.0. The molecule has 1 saturated heterocycles. The van der Waals surface area contributed by atoms with Gasteiger partial charge in [-0.15, -0.1) is 0 Å². The molecule has 0 aromatic heterocycles. The second-order valence-electron chi connectivity index (χ2n) is 5.46. The van der Waals surface area contributed by atoms with Crippen molar-refractivity contribution in [2.45, 2.75) is 31.4 Å². The van der Waals surface area contributed by atoms with E-state index in [1.807, 2.05) is 30.3 Å². The molecule has 1 amide bonds. The Morgan fingerprint density at radius 2 is 2.10 bits per heavy atom. The molecule has 5 heteroatoms. The highest BCUT2D eigenvalue weighted by Gasteiger charge is 2.67. The highest BCUT2D eigenvalue weighted by Crippen LogP contribution is 2.54. The highest BCUT2D eigenvalue weighted by molar-refractivity contribution is 5.88. The third-order valence-corrected chi connectivity index (χ3v) is 4.28. The number of ether oxygens (including phenoxy) is 1. The predicted molar refractivity (Wildman–Crippen MR) is 71.0 cm³/mol. The van der Waals surface area contributed by atoms with Gasteiger partial charge in [0.1, 0.15) is 12.1 Å². The molecule has 0 unspecified atom stereocenters. The molecule has 1 saturated carbocycles. The Labute approximate surface area is 117 Å². The van der Waals surface area contributed by atoms with E-state index in [2.05, 4.69) is 0 Å². The number of carboxylic acids is 1. The minimum atomic E-state index is -0.994. The lowest BCUT2D eigenvalue weighted by Crippen LogP contribution is -2.51. The first-order valence-corrected chi connectivity index (χ1v) is 6.86. The fraction of sp³-hybridized carbons (Fsp3) is 0.467. The number of carboxylic acid groups (broad SMARTS) is 1. The van der Waals surface area contributed by atoms with Crippen LogP contribution in [0.2, 0.25) is 0 Å². The van der Waals surface area contributed by atoms with Crippen molar-refractivity contribution in [2.24, 2.45) is 5.92 Å². The smallest absolute Gasteiger partial charge is 0.411 e. The van der Waals surface area contributed by atoms with Gasteiger partial charge in [-0.2, -0.15) is 0 Å². The van der Waals surface area contributed by atoms with Gasteiger partial charge in [0.05, 0.1) is 0 Å². The van der Waals surface area contributed by atoms with Gasteiger partial charge in [0, 0.05) is 6.54 Å². The van der Waals surface area contributed by atoms with Crippen molar-refractivity contribution in [2.75, 3.05) is 6.54 Å². The number of amides is 1. The number of rotatable bonds is 3. The minimum Gasteiger partial charge on any atom is -0.479 e. The fourth-order valence-corrected chi connectivity index (χ4v) is 3.11. The average Bonchev–Trinajstić information content (AvgIpc) is 3.21. The number of hydrogen-bond acceptors (Lipinski definition) is 3. The topological polar surface area (TPSA) is 66.8 Å². The van der Waals surface area contributed by atoms with Gasteiger partial charge in [0.15, 0.2) is 0 Å². The number of hydrogen-bond donors (Lipinski definition) is 1. The molecule has 1 aliphatic carbocycles. The maximum absolute atomic E-state index is 12.2. The Morgan fingerprint density at radius 3 is 2.80 bits per heavy atom. The molecule has 3 rings (SSSR count). The van der Waals surface area contributed by atoms with Crippen molar-refractivity contribution in [3.63, 3.8) is 0 Å². The summed E-state index contributed by atoms with van der Waals surface area (Å²) in [6.07, 6.45) is 1.77. The largest absolute Gasteiger partial charge is 0.479 e. The third kappa shape index (κ3) is 2.03. The van der Waals surface area contributed by atoms with Crippen LogP contribution in [0.4, 0.5) is 4.79 Å². The van der Waals surface area contributed by atoms with E-state index in [-0.39, 0.29) is 12.5 Å². The molecule has 106 valence electrons. The van der Waals surface area contributed by atoms with Gasteiger partial charge in [0.25, 0.3) is 0 Å². The van der Waals surface area contributed by atoms with Crippen molar-refractivity contribution >= 4 is 12.1 Å². The Hall–Kier alpha value is -2.04. The van der Waals surface area contributed by atoms with Gasteiger partial charge in [-0.3, -0.25) is 4.90 Å². The molecule has 1 aliphatic heterocycles. The van der Waals surface area contributed by atoms with Crippen LogP contribution >= 0.6 is 0 Å². The van der Waals surface area contributed by atoms with Crippen LogP contribution in [0.1, 0.15) is 24.8 Å². The van der Waals surface area contributed by atoms with Crippen LogP contribution in [0.5, 0.6) is 0 Å². The zero-order chi connectivity index (χ0) is 14.2. The van der Waals surface area contributed by atoms with Gasteiger partial charge in [-0.05, 0) is 30.7 Å². The second kappa shape index (κ2) is 4.81. The summed E-state index contributed by atoms with van der Waals surface area (Å²) in [5, 5.41) is 9.39. The molecule has 2 fully saturated rings. The van der Waals surface area contributed by atoms with Crippen LogP contribution in [-0.2, 0) is 16.1 Å². The Balaban J connectivity index is 1.66. The number of likely N-dealkylation sites (tertiary alicyclic amines) is 1. The number of piperidine rings is 1. The average molecular weight is 275 g/mol. The van der Waals surface area contributed by atoms with E-state index in [9.17, 15) is 14.7 Å². The van der Waals surface area contributed by atoms with Crippen LogP contribution in [0, 0.1) is 5.92 Å². The van der Waals surface area contributed by atoms with E-state index >= 15 is 0 Å². The first-order chi connectivity index (χ1) is 9.64. The maximum atomic E-state index is 12.2. The number of carbonyl (C=O) groups excluding carboxylic acids is 1. The van der Waals surface area contributed by atoms with Crippen LogP contribution in [-0.4, -0.2) is 34.2 Å². The minimum absolute atomic E-state index is 0.0954. The van der Waals surface area contributed by atoms with E-state index in [1.165, 1.54) is 4.90 Å². The number of benzene rings is 1. The number of fused-ring (bicyclic) bond motifs is 1. The summed E-state index contributed by atoms with van der Waals surface area (Å²) in [6.45, 7) is 0.646. The zero-order valence-corrected chi connectivity index (χ0v) is 11.1. The van der Waals surface area contributed by atoms with E-state index < -0.39 is 17.6 Å². The summed E-state index contributed by atoms with van der Waals surface area (Å²) in [5.41, 5.74) is -0.0963. The first-order valence-electron chi connectivity index (χ1n) is 6.86. The van der Waals surface area contributed by atoms with Gasteiger partial charge in [0.2, 0.25) is 0 Å². The molecule has 1 N–H and O–H groups in total. The molecule has 0 radical (unpaired) electrons. The van der Waals surface area contributed by atoms with Crippen molar-refractivity contribution in [3.05, 3.63) is 35.9 Å². The summed E-state index contributed by atoms with van der Waals surface area (Å²) >= 11 is 0. The normalized spacial score (nSPS) is 27.6. The lowest BCUT2D eigenvalue weighted by Gasteiger charge is -2.32. The zero-order valence-electron chi connectivity index (χ0n) is 11.1. The molecule has 1 heterocycles. The molecule has 0 spiro atoms. The van der Waals surface area contributed by atoms with Crippen LogP contribution < -0.4 is 0 Å². The van der Waals surface area contributed by atoms with E-state index in [4.69, 9.17) is 4.74 Å². The highest BCUT2D eigenvalue weighted by atomic mass is 16.6. The predicted octanol–water partition coefficient (Wildman–Crippen LogP) is 2.26. The Kier molecular flexibility index (Phi) is 3.12. The Bertz CT molecular complexity index is 530. The number of nitrogens with zero attached hydrogens (tertiary/aromatic N) is 1. The van der Waals surface area contributed by atoms with Gasteiger partial charge < -0.3 is 9.84 Å². The van der Waals surface area contributed by atoms with Gasteiger partial charge in [-0.1, -0.05) is 30.3 Å². The lowest BCUT2D eigenvalue weighted by atomic mass is 10.0. The summed E-state index contributed by atoms with van der Waals surface area (Å²) in [6, 6.07) is 9.39. The molecule has 2 atom stereocenters. The van der Waals surface area contributed by atoms with Crippen molar-refractivity contribution in [1.82, 2.24) is 4.90 Å². The summed E-state index contributed by atoms with van der Waals surface area (Å²) < 4.78 is 5.26. The van der Waals surface area contributed by atoms with Crippen LogP contribution in [0.15, 0.2) is 30.3 Å². The van der Waals surface area contributed by atoms with Crippen molar-refractivity contribution < 1.29 is 19.4 Å². The molecule has 1 aromatic carbocycles.